The van der Waals surface area contributed by atoms with Crippen molar-refractivity contribution in [3.63, 3.8) is 0 Å². The van der Waals surface area contributed by atoms with Gasteiger partial charge in [0, 0.05) is 5.56 Å². The molecule has 0 saturated carbocycles. The molecule has 0 spiro atoms. The highest BCUT2D eigenvalue weighted by Gasteiger charge is 2.47. The predicted molar refractivity (Wildman–Crippen MR) is 57.1 cm³/mol. The van der Waals surface area contributed by atoms with Gasteiger partial charge < -0.3 is 9.15 Å². The number of carbonyl (C=O) groups excluding carboxylic acids is 1. The second-order valence-electron chi connectivity index (χ2n) is 3.72. The summed E-state index contributed by atoms with van der Waals surface area (Å²) in [6.45, 7) is 0. The molecule has 3 nitrogen and oxygen atoms in total. The second kappa shape index (κ2) is 3.61. The van der Waals surface area contributed by atoms with Crippen LogP contribution in [0.25, 0.3) is 0 Å². The van der Waals surface area contributed by atoms with Crippen molar-refractivity contribution in [2.75, 3.05) is 0 Å². The summed E-state index contributed by atoms with van der Waals surface area (Å²) >= 11 is 0. The first-order valence-electron chi connectivity index (χ1n) is 5.14. The van der Waals surface area contributed by atoms with Gasteiger partial charge in [0.15, 0.2) is 11.9 Å². The molecule has 2 heterocycles. The average Bonchev–Trinajstić information content (AvgIpc) is 2.95. The van der Waals surface area contributed by atoms with Gasteiger partial charge in [0.25, 0.3) is 0 Å². The lowest BCUT2D eigenvalue weighted by molar-refractivity contribution is 0.0953. The Labute approximate surface area is 92.6 Å². The van der Waals surface area contributed by atoms with Crippen LogP contribution in [0.2, 0.25) is 0 Å². The Balaban J connectivity index is 1.76. The van der Waals surface area contributed by atoms with Gasteiger partial charge >= 0.3 is 0 Å². The number of benzene rings is 1. The van der Waals surface area contributed by atoms with E-state index in [2.05, 4.69) is 0 Å². The van der Waals surface area contributed by atoms with Crippen molar-refractivity contribution in [3.05, 3.63) is 60.1 Å². The maximum Gasteiger partial charge on any atom is 0.194 e. The van der Waals surface area contributed by atoms with E-state index in [4.69, 9.17) is 9.15 Å². The van der Waals surface area contributed by atoms with Crippen LogP contribution in [0.3, 0.4) is 0 Å². The van der Waals surface area contributed by atoms with Crippen molar-refractivity contribution in [1.29, 1.82) is 0 Å². The minimum absolute atomic E-state index is 0.0157. The Morgan fingerprint density at radius 3 is 2.56 bits per heavy atom. The third-order valence-electron chi connectivity index (χ3n) is 2.63. The third-order valence-corrected chi connectivity index (χ3v) is 2.63. The number of epoxide rings is 1. The fourth-order valence-corrected chi connectivity index (χ4v) is 1.75. The summed E-state index contributed by atoms with van der Waals surface area (Å²) in [6.07, 6.45) is 0.998. The van der Waals surface area contributed by atoms with Crippen LogP contribution in [0.4, 0.5) is 0 Å². The van der Waals surface area contributed by atoms with Crippen LogP contribution in [-0.4, -0.2) is 11.9 Å². The maximum absolute atomic E-state index is 11.9. The van der Waals surface area contributed by atoms with Gasteiger partial charge in [-0.25, -0.2) is 0 Å². The zero-order valence-corrected chi connectivity index (χ0v) is 8.50. The summed E-state index contributed by atoms with van der Waals surface area (Å²) in [5, 5.41) is 0. The zero-order valence-electron chi connectivity index (χ0n) is 8.50. The molecule has 1 aromatic heterocycles. The summed E-state index contributed by atoms with van der Waals surface area (Å²) in [5.41, 5.74) is 0.682. The van der Waals surface area contributed by atoms with Crippen LogP contribution < -0.4 is 0 Å². The van der Waals surface area contributed by atoms with Crippen molar-refractivity contribution in [3.8, 4) is 0 Å². The summed E-state index contributed by atoms with van der Waals surface area (Å²) in [5.74, 6) is 0.733. The molecule has 3 rings (SSSR count). The van der Waals surface area contributed by atoms with Gasteiger partial charge in [0.2, 0.25) is 0 Å². The largest absolute Gasteiger partial charge is 0.466 e. The first kappa shape index (κ1) is 9.36. The molecule has 1 aliphatic rings. The molecule has 3 heteroatoms. The van der Waals surface area contributed by atoms with Crippen molar-refractivity contribution in [2.24, 2.45) is 0 Å². The highest BCUT2D eigenvalue weighted by molar-refractivity contribution is 6.01. The Bertz CT molecular complexity index is 487. The molecule has 0 amide bonds. The van der Waals surface area contributed by atoms with Crippen LogP contribution in [0.5, 0.6) is 0 Å². The number of carbonyl (C=O) groups is 1. The topological polar surface area (TPSA) is 42.7 Å². The molecule has 2 aromatic rings. The molecule has 0 N–H and O–H groups in total. The molecular formula is C13H10O3. The Kier molecular flexibility index (Phi) is 2.11. The normalized spacial score (nSPS) is 23.0. The summed E-state index contributed by atoms with van der Waals surface area (Å²) < 4.78 is 10.5. The van der Waals surface area contributed by atoms with E-state index in [1.165, 1.54) is 0 Å². The SMILES string of the molecule is O=C(c1ccccc1)[C@@H]1O[C@H]1c1ccco1. The first-order chi connectivity index (χ1) is 7.86. The molecule has 1 aliphatic heterocycles. The van der Waals surface area contributed by atoms with E-state index < -0.39 is 0 Å². The minimum Gasteiger partial charge on any atom is -0.466 e. The molecule has 16 heavy (non-hydrogen) atoms. The van der Waals surface area contributed by atoms with Gasteiger partial charge in [-0.1, -0.05) is 30.3 Å². The fraction of sp³-hybridized carbons (Fsp3) is 0.154. The standard InChI is InChI=1S/C13H10O3/c14-11(9-5-2-1-3-6-9)13-12(16-13)10-7-4-8-15-10/h1-8,12-13H/t12-,13-/m0/s1. The van der Waals surface area contributed by atoms with Gasteiger partial charge in [0.05, 0.1) is 6.26 Å². The number of furan rings is 1. The molecule has 0 unspecified atom stereocenters. The Morgan fingerprint density at radius 2 is 1.88 bits per heavy atom. The van der Waals surface area contributed by atoms with E-state index in [-0.39, 0.29) is 18.0 Å². The van der Waals surface area contributed by atoms with E-state index in [0.717, 1.165) is 0 Å². The number of ether oxygens (including phenoxy) is 1. The summed E-state index contributed by atoms with van der Waals surface area (Å²) in [7, 11) is 0. The quantitative estimate of drug-likeness (QED) is 0.582. The molecule has 1 fully saturated rings. The van der Waals surface area contributed by atoms with E-state index in [0.29, 0.717) is 11.3 Å². The predicted octanol–water partition coefficient (Wildman–Crippen LogP) is 2.60. The molecule has 0 radical (unpaired) electrons. The van der Waals surface area contributed by atoms with Crippen molar-refractivity contribution < 1.29 is 13.9 Å². The highest BCUT2D eigenvalue weighted by atomic mass is 16.6. The molecule has 0 aliphatic carbocycles. The summed E-state index contributed by atoms with van der Waals surface area (Å²) in [6, 6.07) is 12.8. The number of ketones is 1. The minimum atomic E-state index is -0.381. The van der Waals surface area contributed by atoms with Crippen LogP contribution >= 0.6 is 0 Å². The number of hydrogen-bond donors (Lipinski definition) is 0. The molecule has 2 atom stereocenters. The van der Waals surface area contributed by atoms with E-state index >= 15 is 0 Å². The smallest absolute Gasteiger partial charge is 0.194 e. The number of rotatable bonds is 3. The van der Waals surface area contributed by atoms with Crippen LogP contribution in [-0.2, 0) is 4.74 Å². The second-order valence-corrected chi connectivity index (χ2v) is 3.72. The van der Waals surface area contributed by atoms with Crippen molar-refractivity contribution >= 4 is 5.78 Å². The molecule has 1 aromatic carbocycles. The van der Waals surface area contributed by atoms with Crippen molar-refractivity contribution in [1.82, 2.24) is 0 Å². The van der Waals surface area contributed by atoms with E-state index in [1.807, 2.05) is 24.3 Å². The number of Topliss-reactive ketones (excluding diaryl/α,β-unsaturated/α-hetero) is 1. The lowest BCUT2D eigenvalue weighted by atomic mass is 10.1. The van der Waals surface area contributed by atoms with Crippen LogP contribution in [0.1, 0.15) is 22.2 Å². The lowest BCUT2D eigenvalue weighted by Gasteiger charge is -1.95. The zero-order chi connectivity index (χ0) is 11.0. The van der Waals surface area contributed by atoms with Crippen molar-refractivity contribution in [2.45, 2.75) is 12.2 Å². The summed E-state index contributed by atoms with van der Waals surface area (Å²) in [4.78, 5) is 11.9. The van der Waals surface area contributed by atoms with Gasteiger partial charge in [-0.3, -0.25) is 4.79 Å². The molecule has 0 bridgehead atoms. The van der Waals surface area contributed by atoms with Gasteiger partial charge in [-0.2, -0.15) is 0 Å². The first-order valence-corrected chi connectivity index (χ1v) is 5.14. The van der Waals surface area contributed by atoms with E-state index in [9.17, 15) is 4.79 Å². The molecule has 1 saturated heterocycles. The Morgan fingerprint density at radius 1 is 1.06 bits per heavy atom. The van der Waals surface area contributed by atoms with Gasteiger partial charge in [-0.05, 0) is 12.1 Å². The Hall–Kier alpha value is -1.87. The number of hydrogen-bond acceptors (Lipinski definition) is 3. The van der Waals surface area contributed by atoms with Crippen LogP contribution in [0, 0.1) is 0 Å². The fourth-order valence-electron chi connectivity index (χ4n) is 1.75. The van der Waals surface area contributed by atoms with E-state index in [1.54, 1.807) is 24.5 Å². The lowest BCUT2D eigenvalue weighted by Crippen LogP contribution is -2.07. The highest BCUT2D eigenvalue weighted by Crippen LogP contribution is 2.40. The third kappa shape index (κ3) is 1.55. The molecule has 80 valence electrons. The average molecular weight is 214 g/mol. The van der Waals surface area contributed by atoms with Gasteiger partial charge in [0.1, 0.15) is 11.9 Å². The maximum atomic E-state index is 11.9. The monoisotopic (exact) mass is 214 g/mol. The van der Waals surface area contributed by atoms with Gasteiger partial charge in [-0.15, -0.1) is 0 Å². The van der Waals surface area contributed by atoms with Crippen LogP contribution in [0.15, 0.2) is 53.1 Å². The molecular weight excluding hydrogens is 204 g/mol.